The zero-order chi connectivity index (χ0) is 28.2. The van der Waals surface area contributed by atoms with Gasteiger partial charge in [0.25, 0.3) is 11.8 Å². The van der Waals surface area contributed by atoms with Crippen molar-refractivity contribution in [2.45, 2.75) is 46.3 Å². The molecule has 0 aliphatic heterocycles. The average Bonchev–Trinajstić information content (AvgIpc) is 2.95. The van der Waals surface area contributed by atoms with Gasteiger partial charge in [0, 0.05) is 61.8 Å². The number of aliphatic hydroxyl groups is 1. The van der Waals surface area contributed by atoms with Crippen LogP contribution in [0.15, 0.2) is 60.9 Å². The number of pyridine rings is 1. The van der Waals surface area contributed by atoms with Crippen LogP contribution in [0.4, 0.5) is 0 Å². The number of amides is 2. The van der Waals surface area contributed by atoms with E-state index in [2.05, 4.69) is 21.7 Å². The second-order valence-electron chi connectivity index (χ2n) is 9.65. The van der Waals surface area contributed by atoms with Gasteiger partial charge in [0.15, 0.2) is 0 Å². The number of benzene rings is 2. The van der Waals surface area contributed by atoms with Crippen LogP contribution in [0, 0.1) is 18.3 Å². The first-order valence-electron chi connectivity index (χ1n) is 13.4. The van der Waals surface area contributed by atoms with E-state index in [0.717, 1.165) is 35.1 Å². The molecule has 1 aromatic heterocycles. The minimum atomic E-state index is -0.788. The summed E-state index contributed by atoms with van der Waals surface area (Å²) in [5, 5.41) is 25.5. The maximum absolute atomic E-state index is 13.0. The Bertz CT molecular complexity index is 1310. The van der Waals surface area contributed by atoms with E-state index in [1.807, 2.05) is 56.0 Å². The summed E-state index contributed by atoms with van der Waals surface area (Å²) >= 11 is 0. The standard InChI is InChI=1S/C31H37N5O3/c1-4-9-36(10-5-2)31(39)27-12-22(3)11-26(15-27)30(38)35-21-29(37)20-34-17-23-7-6-8-25(13-23)28-14-24(16-32)18-33-19-28/h6-8,11-15,18-19,29,34,37H,4-5,9-10,17,20-21H2,1-3H3,(H,35,38)/t29-/m1/s1. The van der Waals surface area contributed by atoms with E-state index < -0.39 is 6.10 Å². The molecule has 3 N–H and O–H groups in total. The number of carbonyl (C=O) groups is 2. The van der Waals surface area contributed by atoms with Crippen molar-refractivity contribution in [3.05, 3.63) is 88.7 Å². The first-order valence-corrected chi connectivity index (χ1v) is 13.4. The molecule has 0 radical (unpaired) electrons. The molecule has 204 valence electrons. The lowest BCUT2D eigenvalue weighted by Gasteiger charge is -2.22. The van der Waals surface area contributed by atoms with E-state index in [-0.39, 0.29) is 24.9 Å². The summed E-state index contributed by atoms with van der Waals surface area (Å²) in [7, 11) is 0. The number of hydrogen-bond acceptors (Lipinski definition) is 6. The number of aryl methyl sites for hydroxylation is 1. The molecule has 8 heteroatoms. The Hall–Kier alpha value is -4.06. The van der Waals surface area contributed by atoms with Crippen molar-refractivity contribution >= 4 is 11.8 Å². The molecule has 1 atom stereocenters. The number of aliphatic hydroxyl groups excluding tert-OH is 1. The van der Waals surface area contributed by atoms with Crippen LogP contribution in [0.5, 0.6) is 0 Å². The third-order valence-electron chi connectivity index (χ3n) is 6.20. The average molecular weight is 528 g/mol. The largest absolute Gasteiger partial charge is 0.390 e. The number of rotatable bonds is 13. The van der Waals surface area contributed by atoms with Crippen molar-refractivity contribution < 1.29 is 14.7 Å². The number of nitrogens with zero attached hydrogens (tertiary/aromatic N) is 3. The van der Waals surface area contributed by atoms with Crippen LogP contribution >= 0.6 is 0 Å². The predicted molar refractivity (Wildman–Crippen MR) is 152 cm³/mol. The summed E-state index contributed by atoms with van der Waals surface area (Å²) in [5.74, 6) is -0.399. The van der Waals surface area contributed by atoms with Gasteiger partial charge in [-0.05, 0) is 66.8 Å². The van der Waals surface area contributed by atoms with Crippen molar-refractivity contribution in [3.8, 4) is 17.2 Å². The number of carbonyl (C=O) groups excluding carboxylic acids is 2. The van der Waals surface area contributed by atoms with Crippen molar-refractivity contribution in [1.82, 2.24) is 20.5 Å². The Morgan fingerprint density at radius 1 is 1.00 bits per heavy atom. The number of nitriles is 1. The Labute approximate surface area is 230 Å². The first-order chi connectivity index (χ1) is 18.8. The maximum atomic E-state index is 13.0. The van der Waals surface area contributed by atoms with Gasteiger partial charge in [0.05, 0.1) is 11.7 Å². The zero-order valence-corrected chi connectivity index (χ0v) is 22.9. The normalized spacial score (nSPS) is 11.5. The fourth-order valence-electron chi connectivity index (χ4n) is 4.36. The molecule has 39 heavy (non-hydrogen) atoms. The lowest BCUT2D eigenvalue weighted by atomic mass is 10.0. The second kappa shape index (κ2) is 14.8. The van der Waals surface area contributed by atoms with Gasteiger partial charge in [-0.3, -0.25) is 14.6 Å². The topological polar surface area (TPSA) is 118 Å². The molecule has 3 aromatic rings. The fraction of sp³-hybridized carbons (Fsp3) is 0.355. The molecule has 0 aliphatic carbocycles. The monoisotopic (exact) mass is 527 g/mol. The van der Waals surface area contributed by atoms with Crippen molar-refractivity contribution in [3.63, 3.8) is 0 Å². The summed E-state index contributed by atoms with van der Waals surface area (Å²) in [4.78, 5) is 31.8. The second-order valence-corrected chi connectivity index (χ2v) is 9.65. The lowest BCUT2D eigenvalue weighted by Crippen LogP contribution is -2.38. The molecule has 8 nitrogen and oxygen atoms in total. The third kappa shape index (κ3) is 8.74. The lowest BCUT2D eigenvalue weighted by molar-refractivity contribution is 0.0755. The van der Waals surface area contributed by atoms with E-state index in [4.69, 9.17) is 5.26 Å². The highest BCUT2D eigenvalue weighted by Crippen LogP contribution is 2.20. The number of aromatic nitrogens is 1. The molecule has 0 saturated heterocycles. The Balaban J connectivity index is 1.52. The van der Waals surface area contributed by atoms with Gasteiger partial charge in [-0.15, -0.1) is 0 Å². The molecule has 0 aliphatic rings. The van der Waals surface area contributed by atoms with Gasteiger partial charge < -0.3 is 20.6 Å². The van der Waals surface area contributed by atoms with Crippen LogP contribution < -0.4 is 10.6 Å². The van der Waals surface area contributed by atoms with Crippen LogP contribution in [0.25, 0.3) is 11.1 Å². The van der Waals surface area contributed by atoms with Crippen LogP contribution in [0.2, 0.25) is 0 Å². The minimum absolute atomic E-state index is 0.0706. The quantitative estimate of drug-likeness (QED) is 0.308. The van der Waals surface area contributed by atoms with Gasteiger partial charge >= 0.3 is 0 Å². The molecule has 3 rings (SSSR count). The highest BCUT2D eigenvalue weighted by molar-refractivity contribution is 6.00. The molecule has 2 aromatic carbocycles. The summed E-state index contributed by atoms with van der Waals surface area (Å²) in [6.07, 6.45) is 4.20. The van der Waals surface area contributed by atoms with Crippen molar-refractivity contribution in [1.29, 1.82) is 5.26 Å². The van der Waals surface area contributed by atoms with Gasteiger partial charge in [-0.2, -0.15) is 5.26 Å². The zero-order valence-electron chi connectivity index (χ0n) is 22.9. The van der Waals surface area contributed by atoms with E-state index in [1.165, 1.54) is 6.20 Å². The summed E-state index contributed by atoms with van der Waals surface area (Å²) in [6.45, 7) is 8.19. The van der Waals surface area contributed by atoms with Gasteiger partial charge in [0.2, 0.25) is 0 Å². The molecular weight excluding hydrogens is 490 g/mol. The highest BCUT2D eigenvalue weighted by Gasteiger charge is 2.17. The smallest absolute Gasteiger partial charge is 0.253 e. The molecule has 0 bridgehead atoms. The molecule has 0 saturated carbocycles. The number of hydrogen-bond donors (Lipinski definition) is 3. The Morgan fingerprint density at radius 2 is 1.74 bits per heavy atom. The molecule has 2 amide bonds. The van der Waals surface area contributed by atoms with Crippen LogP contribution in [-0.2, 0) is 6.54 Å². The minimum Gasteiger partial charge on any atom is -0.390 e. The first kappa shape index (κ1) is 29.5. The molecule has 0 fully saturated rings. The predicted octanol–water partition coefficient (Wildman–Crippen LogP) is 4.07. The summed E-state index contributed by atoms with van der Waals surface area (Å²) in [5.41, 5.74) is 5.07. The molecule has 0 spiro atoms. The highest BCUT2D eigenvalue weighted by atomic mass is 16.3. The van der Waals surface area contributed by atoms with Crippen LogP contribution in [-0.4, -0.2) is 59.1 Å². The van der Waals surface area contributed by atoms with E-state index in [9.17, 15) is 14.7 Å². The summed E-state index contributed by atoms with van der Waals surface area (Å²) in [6, 6.07) is 17.0. The van der Waals surface area contributed by atoms with Crippen molar-refractivity contribution in [2.24, 2.45) is 0 Å². The van der Waals surface area contributed by atoms with Crippen LogP contribution in [0.3, 0.4) is 0 Å². The molecular formula is C31H37N5O3. The van der Waals surface area contributed by atoms with Gasteiger partial charge in [0.1, 0.15) is 6.07 Å². The molecule has 1 heterocycles. The summed E-state index contributed by atoms with van der Waals surface area (Å²) < 4.78 is 0. The number of nitrogens with one attached hydrogen (secondary N) is 2. The van der Waals surface area contributed by atoms with Crippen molar-refractivity contribution in [2.75, 3.05) is 26.2 Å². The molecule has 0 unspecified atom stereocenters. The maximum Gasteiger partial charge on any atom is 0.253 e. The van der Waals surface area contributed by atoms with E-state index >= 15 is 0 Å². The van der Waals surface area contributed by atoms with Gasteiger partial charge in [-0.25, -0.2) is 0 Å². The fourth-order valence-corrected chi connectivity index (χ4v) is 4.36. The Kier molecular flexibility index (Phi) is 11.2. The third-order valence-corrected chi connectivity index (χ3v) is 6.20. The van der Waals surface area contributed by atoms with E-state index in [0.29, 0.717) is 36.3 Å². The Morgan fingerprint density at radius 3 is 2.46 bits per heavy atom. The SMILES string of the molecule is CCCN(CCC)C(=O)c1cc(C)cc(C(=O)NC[C@H](O)CNCc2cccc(-c3cncc(C#N)c3)c2)c1. The van der Waals surface area contributed by atoms with Gasteiger partial charge in [-0.1, -0.05) is 32.0 Å². The van der Waals surface area contributed by atoms with E-state index in [1.54, 1.807) is 24.4 Å². The van der Waals surface area contributed by atoms with Crippen LogP contribution in [0.1, 0.15) is 64.1 Å².